The van der Waals surface area contributed by atoms with Crippen LogP contribution < -0.4 is 0 Å². The first kappa shape index (κ1) is 12.6. The van der Waals surface area contributed by atoms with Crippen molar-refractivity contribution in [1.82, 2.24) is 4.98 Å². The van der Waals surface area contributed by atoms with E-state index in [0.717, 1.165) is 0 Å². The monoisotopic (exact) mass is 227 g/mol. The van der Waals surface area contributed by atoms with Crippen molar-refractivity contribution in [3.63, 3.8) is 0 Å². The lowest BCUT2D eigenvalue weighted by atomic mass is 10.3. The number of hydrogen-bond acceptors (Lipinski definition) is 4. The predicted molar refractivity (Wildman–Crippen MR) is 55.6 cm³/mol. The maximum atomic E-state index is 12.7. The van der Waals surface area contributed by atoms with Gasteiger partial charge < -0.3 is 9.47 Å². The molecule has 1 aromatic heterocycles. The fraction of sp³-hybridized carbons (Fsp3) is 0.455. The topological polar surface area (TPSA) is 48.4 Å². The zero-order valence-electron chi connectivity index (χ0n) is 9.27. The fourth-order valence-corrected chi connectivity index (χ4v) is 1.08. The van der Waals surface area contributed by atoms with Crippen LogP contribution in [0.1, 0.15) is 24.3 Å². The van der Waals surface area contributed by atoms with E-state index >= 15 is 0 Å². The Balaban J connectivity index is 2.52. The molecule has 5 heteroatoms. The average molecular weight is 227 g/mol. The lowest BCUT2D eigenvalue weighted by molar-refractivity contribution is 0.00378. The lowest BCUT2D eigenvalue weighted by Gasteiger charge is -2.12. The normalized spacial score (nSPS) is 12.2. The Hall–Kier alpha value is -1.49. The predicted octanol–water partition coefficient (Wildman–Crippen LogP) is 1.80. The van der Waals surface area contributed by atoms with Gasteiger partial charge in [0.2, 0.25) is 5.95 Å². The van der Waals surface area contributed by atoms with Gasteiger partial charge in [0.25, 0.3) is 0 Å². The number of rotatable bonds is 5. The summed E-state index contributed by atoms with van der Waals surface area (Å²) in [5.41, 5.74) is -0.0386. The van der Waals surface area contributed by atoms with Crippen molar-refractivity contribution in [2.75, 3.05) is 13.2 Å². The van der Waals surface area contributed by atoms with Crippen molar-refractivity contribution in [1.29, 1.82) is 0 Å². The summed E-state index contributed by atoms with van der Waals surface area (Å²) in [5.74, 6) is -1.35. The molecule has 0 fully saturated rings. The summed E-state index contributed by atoms with van der Waals surface area (Å²) in [6, 6.07) is 3.98. The molecule has 0 saturated carbocycles. The van der Waals surface area contributed by atoms with Gasteiger partial charge in [-0.2, -0.15) is 4.39 Å². The first-order valence-electron chi connectivity index (χ1n) is 5.04. The molecule has 1 unspecified atom stereocenters. The molecule has 16 heavy (non-hydrogen) atoms. The van der Waals surface area contributed by atoms with E-state index in [2.05, 4.69) is 4.98 Å². The highest BCUT2D eigenvalue weighted by atomic mass is 19.1. The molecule has 0 N–H and O–H groups in total. The van der Waals surface area contributed by atoms with Gasteiger partial charge in [-0.15, -0.1) is 0 Å². The first-order valence-corrected chi connectivity index (χ1v) is 5.04. The van der Waals surface area contributed by atoms with E-state index in [-0.39, 0.29) is 11.8 Å². The number of aromatic nitrogens is 1. The van der Waals surface area contributed by atoms with E-state index in [9.17, 15) is 9.18 Å². The maximum Gasteiger partial charge on any atom is 0.357 e. The van der Waals surface area contributed by atoms with Crippen LogP contribution in [0, 0.1) is 5.95 Å². The van der Waals surface area contributed by atoms with Gasteiger partial charge in [0, 0.05) is 6.61 Å². The summed E-state index contributed by atoms with van der Waals surface area (Å²) >= 11 is 0. The summed E-state index contributed by atoms with van der Waals surface area (Å²) in [6.07, 6.45) is -0.377. The Kier molecular flexibility index (Phi) is 4.85. The summed E-state index contributed by atoms with van der Waals surface area (Å²) in [5, 5.41) is 0. The molecular weight excluding hydrogens is 213 g/mol. The molecule has 1 aromatic rings. The van der Waals surface area contributed by atoms with E-state index in [0.29, 0.717) is 13.2 Å². The number of nitrogens with zero attached hydrogens (tertiary/aromatic N) is 1. The van der Waals surface area contributed by atoms with Crippen molar-refractivity contribution >= 4 is 5.97 Å². The molecule has 88 valence electrons. The Labute approximate surface area is 93.4 Å². The van der Waals surface area contributed by atoms with Crippen molar-refractivity contribution < 1.29 is 18.7 Å². The van der Waals surface area contributed by atoms with Crippen molar-refractivity contribution in [2.24, 2.45) is 0 Å². The molecule has 0 aliphatic carbocycles. The van der Waals surface area contributed by atoms with E-state index in [1.54, 1.807) is 6.92 Å². The largest absolute Gasteiger partial charge is 0.455 e. The van der Waals surface area contributed by atoms with Crippen LogP contribution in [0.3, 0.4) is 0 Å². The van der Waals surface area contributed by atoms with Crippen molar-refractivity contribution in [2.45, 2.75) is 20.0 Å². The van der Waals surface area contributed by atoms with Gasteiger partial charge in [-0.05, 0) is 26.0 Å². The molecule has 0 amide bonds. The number of carbonyl (C=O) groups excluding carboxylic acids is 1. The van der Waals surface area contributed by atoms with Gasteiger partial charge in [-0.1, -0.05) is 6.07 Å². The van der Waals surface area contributed by atoms with Crippen LogP contribution in [0.4, 0.5) is 4.39 Å². The minimum atomic E-state index is -0.702. The second kappa shape index (κ2) is 6.17. The number of esters is 1. The number of halogens is 1. The fourth-order valence-electron chi connectivity index (χ4n) is 1.08. The Bertz CT molecular complexity index is 357. The molecule has 1 atom stereocenters. The minimum Gasteiger partial charge on any atom is -0.455 e. The summed E-state index contributed by atoms with van der Waals surface area (Å²) < 4.78 is 22.8. The number of ether oxygens (including phenoxy) is 2. The summed E-state index contributed by atoms with van der Waals surface area (Å²) in [6.45, 7) is 4.42. The van der Waals surface area contributed by atoms with E-state index in [4.69, 9.17) is 9.47 Å². The lowest BCUT2D eigenvalue weighted by Crippen LogP contribution is -2.21. The van der Waals surface area contributed by atoms with Crippen LogP contribution in [-0.2, 0) is 9.47 Å². The van der Waals surface area contributed by atoms with E-state index in [1.165, 1.54) is 18.2 Å². The number of carbonyl (C=O) groups is 1. The van der Waals surface area contributed by atoms with Gasteiger partial charge in [0.1, 0.15) is 6.10 Å². The zero-order chi connectivity index (χ0) is 12.0. The molecule has 4 nitrogen and oxygen atoms in total. The zero-order valence-corrected chi connectivity index (χ0v) is 9.27. The molecule has 0 radical (unpaired) electrons. The average Bonchev–Trinajstić information content (AvgIpc) is 2.26. The van der Waals surface area contributed by atoms with E-state index < -0.39 is 11.9 Å². The van der Waals surface area contributed by atoms with Gasteiger partial charge in [0.05, 0.1) is 6.61 Å². The minimum absolute atomic E-state index is 0.0386. The quantitative estimate of drug-likeness (QED) is 0.568. The van der Waals surface area contributed by atoms with Crippen LogP contribution >= 0.6 is 0 Å². The van der Waals surface area contributed by atoms with Gasteiger partial charge in [0.15, 0.2) is 5.69 Å². The highest BCUT2D eigenvalue weighted by Gasteiger charge is 2.13. The van der Waals surface area contributed by atoms with Gasteiger partial charge in [-0.3, -0.25) is 0 Å². The van der Waals surface area contributed by atoms with Crippen molar-refractivity contribution in [3.05, 3.63) is 29.8 Å². The second-order valence-corrected chi connectivity index (χ2v) is 3.22. The Morgan fingerprint density at radius 3 is 2.94 bits per heavy atom. The number of hydrogen-bond donors (Lipinski definition) is 0. The molecule has 0 aliphatic heterocycles. The molecule has 1 rings (SSSR count). The van der Waals surface area contributed by atoms with Crippen LogP contribution in [0.2, 0.25) is 0 Å². The SMILES string of the molecule is CCOCC(C)OC(=O)c1cccc(F)n1. The van der Waals surface area contributed by atoms with Crippen LogP contribution in [-0.4, -0.2) is 30.3 Å². The molecule has 0 aliphatic rings. The van der Waals surface area contributed by atoms with Gasteiger partial charge in [-0.25, -0.2) is 9.78 Å². The van der Waals surface area contributed by atoms with Gasteiger partial charge >= 0.3 is 5.97 Å². The smallest absolute Gasteiger partial charge is 0.357 e. The van der Waals surface area contributed by atoms with Crippen LogP contribution in [0.5, 0.6) is 0 Å². The standard InChI is InChI=1S/C11H14FNO3/c1-3-15-7-8(2)16-11(14)9-5-4-6-10(12)13-9/h4-6,8H,3,7H2,1-2H3. The molecular formula is C11H14FNO3. The number of pyridine rings is 1. The van der Waals surface area contributed by atoms with Crippen molar-refractivity contribution in [3.8, 4) is 0 Å². The van der Waals surface area contributed by atoms with Crippen LogP contribution in [0.25, 0.3) is 0 Å². The maximum absolute atomic E-state index is 12.7. The molecule has 0 spiro atoms. The third-order valence-corrected chi connectivity index (χ3v) is 1.79. The van der Waals surface area contributed by atoms with E-state index in [1.807, 2.05) is 6.92 Å². The third-order valence-electron chi connectivity index (χ3n) is 1.79. The Morgan fingerprint density at radius 2 is 2.31 bits per heavy atom. The molecule has 0 saturated heterocycles. The Morgan fingerprint density at radius 1 is 1.56 bits per heavy atom. The molecule has 0 aromatic carbocycles. The molecule has 1 heterocycles. The first-order chi connectivity index (χ1) is 7.63. The highest BCUT2D eigenvalue weighted by Crippen LogP contribution is 2.03. The summed E-state index contributed by atoms with van der Waals surface area (Å²) in [4.78, 5) is 14.9. The molecule has 0 bridgehead atoms. The second-order valence-electron chi connectivity index (χ2n) is 3.22. The summed E-state index contributed by atoms with van der Waals surface area (Å²) in [7, 11) is 0. The highest BCUT2D eigenvalue weighted by molar-refractivity contribution is 5.87. The third kappa shape index (κ3) is 3.94. The van der Waals surface area contributed by atoms with Crippen LogP contribution in [0.15, 0.2) is 18.2 Å².